The number of sulfonamides is 1. The Morgan fingerprint density at radius 3 is 2.36 bits per heavy atom. The Hall–Kier alpha value is -4.12. The van der Waals surface area contributed by atoms with Gasteiger partial charge in [0.1, 0.15) is 31.6 Å². The third-order valence-electron chi connectivity index (χ3n) is 6.89. The van der Waals surface area contributed by atoms with Crippen molar-refractivity contribution in [1.29, 1.82) is 0 Å². The smallest absolute Gasteiger partial charge is 0.244 e. The number of rotatable bonds is 13. The van der Waals surface area contributed by atoms with Crippen LogP contribution in [-0.4, -0.2) is 63.7 Å². The number of nitrogens with zero attached hydrogens (tertiary/aromatic N) is 2. The first kappa shape index (κ1) is 30.8. The third-order valence-corrected chi connectivity index (χ3v) is 8.03. The molecule has 2 amide bonds. The lowest BCUT2D eigenvalue weighted by Crippen LogP contribution is -2.53. The van der Waals surface area contributed by atoms with Gasteiger partial charge >= 0.3 is 0 Å². The zero-order chi connectivity index (χ0) is 30.1. The lowest BCUT2D eigenvalue weighted by molar-refractivity contribution is -0.140. The van der Waals surface area contributed by atoms with Crippen molar-refractivity contribution in [2.24, 2.45) is 0 Å². The summed E-state index contributed by atoms with van der Waals surface area (Å²) in [6.07, 6.45) is 2.76. The van der Waals surface area contributed by atoms with Gasteiger partial charge in [0.05, 0.1) is 11.9 Å². The molecule has 3 aromatic rings. The summed E-state index contributed by atoms with van der Waals surface area (Å²) in [6.45, 7) is 2.24. The lowest BCUT2D eigenvalue weighted by Gasteiger charge is -2.33. The number of unbranched alkanes of at least 4 members (excludes halogenated alkanes) is 1. The molecule has 0 aromatic heterocycles. The van der Waals surface area contributed by atoms with Crippen LogP contribution in [0.4, 0.5) is 10.1 Å². The van der Waals surface area contributed by atoms with Gasteiger partial charge in [-0.2, -0.15) is 0 Å². The van der Waals surface area contributed by atoms with E-state index in [1.54, 1.807) is 18.2 Å². The Kier molecular flexibility index (Phi) is 10.4. The molecular weight excluding hydrogens is 561 g/mol. The average molecular weight is 598 g/mol. The number of ether oxygens (including phenoxy) is 2. The second-order valence-electron chi connectivity index (χ2n) is 10.1. The highest BCUT2D eigenvalue weighted by molar-refractivity contribution is 7.92. The number of hydrogen-bond acceptors (Lipinski definition) is 6. The first-order chi connectivity index (χ1) is 20.2. The van der Waals surface area contributed by atoms with E-state index in [0.29, 0.717) is 31.3 Å². The van der Waals surface area contributed by atoms with Crippen molar-refractivity contribution in [3.8, 4) is 11.5 Å². The van der Waals surface area contributed by atoms with Gasteiger partial charge in [0, 0.05) is 31.1 Å². The zero-order valence-corrected chi connectivity index (χ0v) is 24.6. The van der Waals surface area contributed by atoms with E-state index in [-0.39, 0.29) is 24.2 Å². The molecule has 3 aromatic carbocycles. The number of nitrogens with one attached hydrogen (secondary N) is 1. The van der Waals surface area contributed by atoms with Crippen LogP contribution in [0, 0.1) is 5.82 Å². The number of anilines is 1. The van der Waals surface area contributed by atoms with Gasteiger partial charge in [-0.3, -0.25) is 13.9 Å². The quantitative estimate of drug-likeness (QED) is 0.300. The molecule has 0 fully saturated rings. The molecule has 1 aliphatic rings. The highest BCUT2D eigenvalue weighted by Crippen LogP contribution is 2.34. The molecule has 1 aliphatic heterocycles. The van der Waals surface area contributed by atoms with E-state index in [1.165, 1.54) is 29.2 Å². The second kappa shape index (κ2) is 14.2. The van der Waals surface area contributed by atoms with Crippen LogP contribution in [0.15, 0.2) is 72.8 Å². The summed E-state index contributed by atoms with van der Waals surface area (Å²) in [5.41, 5.74) is 1.20. The van der Waals surface area contributed by atoms with Crippen LogP contribution in [0.3, 0.4) is 0 Å². The zero-order valence-electron chi connectivity index (χ0n) is 23.8. The lowest BCUT2D eigenvalue weighted by atomic mass is 10.0. The molecule has 1 heterocycles. The first-order valence-electron chi connectivity index (χ1n) is 13.9. The molecule has 1 atom stereocenters. The Labute approximate surface area is 246 Å². The fourth-order valence-electron chi connectivity index (χ4n) is 4.67. The van der Waals surface area contributed by atoms with E-state index in [4.69, 9.17) is 9.47 Å². The Morgan fingerprint density at radius 2 is 1.67 bits per heavy atom. The summed E-state index contributed by atoms with van der Waals surface area (Å²) in [5.74, 6) is -0.766. The molecule has 9 nitrogen and oxygen atoms in total. The van der Waals surface area contributed by atoms with Crippen LogP contribution in [0.25, 0.3) is 0 Å². The summed E-state index contributed by atoms with van der Waals surface area (Å²) in [4.78, 5) is 29.0. The molecule has 0 saturated carbocycles. The molecule has 11 heteroatoms. The molecule has 0 spiro atoms. The number of carbonyl (C=O) groups is 2. The summed E-state index contributed by atoms with van der Waals surface area (Å²) < 4.78 is 52.9. The maximum atomic E-state index is 14.9. The number of benzene rings is 3. The number of carbonyl (C=O) groups excluding carboxylic acids is 2. The SMILES string of the molecule is CCCCNC(=O)[C@@H](Cc1ccccc1)N(Cc1ccccc1F)C(=O)CN(c1ccc2c(c1)OCCO2)S(C)(=O)=O. The van der Waals surface area contributed by atoms with Crippen molar-refractivity contribution in [2.45, 2.75) is 38.8 Å². The van der Waals surface area contributed by atoms with Crippen molar-refractivity contribution < 1.29 is 31.9 Å². The molecule has 0 radical (unpaired) electrons. The van der Waals surface area contributed by atoms with Crippen molar-refractivity contribution in [2.75, 3.05) is 36.9 Å². The molecular formula is C31H36FN3O6S. The third kappa shape index (κ3) is 8.00. The first-order valence-corrected chi connectivity index (χ1v) is 15.7. The van der Waals surface area contributed by atoms with Gasteiger partial charge in [0.2, 0.25) is 21.8 Å². The van der Waals surface area contributed by atoms with Crippen LogP contribution in [-0.2, 0) is 32.6 Å². The topological polar surface area (TPSA) is 105 Å². The maximum Gasteiger partial charge on any atom is 0.244 e. The molecule has 0 unspecified atom stereocenters. The molecule has 1 N–H and O–H groups in total. The fourth-order valence-corrected chi connectivity index (χ4v) is 5.51. The largest absolute Gasteiger partial charge is 0.486 e. The monoisotopic (exact) mass is 597 g/mol. The Morgan fingerprint density at radius 1 is 0.976 bits per heavy atom. The summed E-state index contributed by atoms with van der Waals surface area (Å²) in [7, 11) is -3.96. The average Bonchev–Trinajstić information content (AvgIpc) is 2.98. The highest BCUT2D eigenvalue weighted by atomic mass is 32.2. The molecule has 0 saturated heterocycles. The van der Waals surface area contributed by atoms with E-state index in [9.17, 15) is 22.4 Å². The van der Waals surface area contributed by atoms with Gasteiger partial charge in [-0.25, -0.2) is 12.8 Å². The van der Waals surface area contributed by atoms with E-state index in [2.05, 4.69) is 5.32 Å². The van der Waals surface area contributed by atoms with Crippen LogP contribution in [0.5, 0.6) is 11.5 Å². The summed E-state index contributed by atoms with van der Waals surface area (Å²) >= 11 is 0. The predicted octanol–water partition coefficient (Wildman–Crippen LogP) is 3.92. The van der Waals surface area contributed by atoms with Crippen molar-refractivity contribution in [3.05, 3.63) is 89.7 Å². The summed E-state index contributed by atoms with van der Waals surface area (Å²) in [6, 6.07) is 18.8. The standard InChI is InChI=1S/C31H36FN3O6S/c1-3-4-16-33-31(37)27(19-23-10-6-5-7-11-23)34(21-24-12-8-9-13-26(24)32)30(36)22-35(42(2,38)39)25-14-15-28-29(20-25)41-18-17-40-28/h5-15,20,27H,3-4,16-19,21-22H2,1-2H3,(H,33,37)/t27-/m1/s1. The van der Waals surface area contributed by atoms with E-state index >= 15 is 0 Å². The Bertz CT molecular complexity index is 1480. The van der Waals surface area contributed by atoms with Crippen molar-refractivity contribution in [3.63, 3.8) is 0 Å². The highest BCUT2D eigenvalue weighted by Gasteiger charge is 2.33. The minimum Gasteiger partial charge on any atom is -0.486 e. The van der Waals surface area contributed by atoms with Crippen LogP contribution in [0.1, 0.15) is 30.9 Å². The van der Waals surface area contributed by atoms with Gasteiger partial charge < -0.3 is 19.7 Å². The number of hydrogen-bond donors (Lipinski definition) is 1. The van der Waals surface area contributed by atoms with E-state index in [1.807, 2.05) is 37.3 Å². The van der Waals surface area contributed by atoms with Crippen molar-refractivity contribution in [1.82, 2.24) is 10.2 Å². The van der Waals surface area contributed by atoms with Crippen LogP contribution in [0.2, 0.25) is 0 Å². The Balaban J connectivity index is 1.72. The van der Waals surface area contributed by atoms with Gasteiger partial charge in [-0.15, -0.1) is 0 Å². The van der Waals surface area contributed by atoms with Crippen LogP contribution < -0.4 is 19.1 Å². The normalized spacial score (nSPS) is 13.2. The number of amides is 2. The molecule has 224 valence electrons. The molecule has 4 rings (SSSR count). The minimum atomic E-state index is -3.96. The molecule has 0 aliphatic carbocycles. The van der Waals surface area contributed by atoms with Gasteiger partial charge in [0.15, 0.2) is 11.5 Å². The van der Waals surface area contributed by atoms with Crippen LogP contribution >= 0.6 is 0 Å². The van der Waals surface area contributed by atoms with Gasteiger partial charge in [-0.05, 0) is 30.2 Å². The molecule has 42 heavy (non-hydrogen) atoms. The van der Waals surface area contributed by atoms with Crippen molar-refractivity contribution >= 4 is 27.5 Å². The fraction of sp³-hybridized carbons (Fsp3) is 0.355. The van der Waals surface area contributed by atoms with Gasteiger partial charge in [0.25, 0.3) is 0 Å². The number of halogens is 1. The van der Waals surface area contributed by atoms with Gasteiger partial charge in [-0.1, -0.05) is 61.9 Å². The minimum absolute atomic E-state index is 0.155. The maximum absolute atomic E-state index is 14.9. The summed E-state index contributed by atoms with van der Waals surface area (Å²) in [5, 5.41) is 2.90. The number of fused-ring (bicyclic) bond motifs is 1. The second-order valence-corrected chi connectivity index (χ2v) is 12.0. The van der Waals surface area contributed by atoms with E-state index in [0.717, 1.165) is 29.0 Å². The molecule has 0 bridgehead atoms. The predicted molar refractivity (Wildman–Crippen MR) is 158 cm³/mol. The van der Waals surface area contributed by atoms with E-state index < -0.39 is 40.2 Å².